The maximum Gasteiger partial charge on any atom is 0.0604 e. The monoisotopic (exact) mass is 245 g/mol. The number of aliphatic hydroxyl groups is 1. The molecular formula is C14H15NOS. The van der Waals surface area contributed by atoms with Crippen molar-refractivity contribution in [3.05, 3.63) is 54.6 Å². The molecule has 0 spiro atoms. The molecule has 17 heavy (non-hydrogen) atoms. The highest BCUT2D eigenvalue weighted by atomic mass is 32.2. The summed E-state index contributed by atoms with van der Waals surface area (Å²) in [4.78, 5) is 2.45. The SMILES string of the molecule is OCCNc1ccc(Sc2ccccc2)cc1. The molecule has 0 aliphatic rings. The van der Waals surface area contributed by atoms with Crippen molar-refractivity contribution in [2.24, 2.45) is 0 Å². The molecule has 0 aliphatic heterocycles. The summed E-state index contributed by atoms with van der Waals surface area (Å²) in [5.74, 6) is 0. The van der Waals surface area contributed by atoms with E-state index in [1.165, 1.54) is 9.79 Å². The number of rotatable bonds is 5. The molecule has 0 saturated carbocycles. The first-order valence-corrected chi connectivity index (χ1v) is 6.38. The Labute approximate surface area is 106 Å². The molecule has 2 aromatic rings. The van der Waals surface area contributed by atoms with E-state index in [9.17, 15) is 0 Å². The molecular weight excluding hydrogens is 230 g/mol. The molecule has 2 N–H and O–H groups in total. The predicted octanol–water partition coefficient (Wildman–Crippen LogP) is 3.24. The number of anilines is 1. The van der Waals surface area contributed by atoms with E-state index < -0.39 is 0 Å². The Balaban J connectivity index is 1.98. The van der Waals surface area contributed by atoms with Crippen molar-refractivity contribution in [1.82, 2.24) is 0 Å². The van der Waals surface area contributed by atoms with Gasteiger partial charge in [-0.25, -0.2) is 0 Å². The number of aliphatic hydroxyl groups excluding tert-OH is 1. The summed E-state index contributed by atoms with van der Waals surface area (Å²) in [5.41, 5.74) is 1.04. The molecule has 2 nitrogen and oxygen atoms in total. The van der Waals surface area contributed by atoms with Gasteiger partial charge in [-0.2, -0.15) is 0 Å². The Hall–Kier alpha value is -1.45. The summed E-state index contributed by atoms with van der Waals surface area (Å²) in [6.45, 7) is 0.742. The van der Waals surface area contributed by atoms with Gasteiger partial charge in [0.05, 0.1) is 6.61 Å². The minimum Gasteiger partial charge on any atom is -0.395 e. The van der Waals surface area contributed by atoms with Crippen LogP contribution < -0.4 is 5.32 Å². The molecule has 0 radical (unpaired) electrons. The predicted molar refractivity (Wildman–Crippen MR) is 72.6 cm³/mol. The van der Waals surface area contributed by atoms with Crippen molar-refractivity contribution in [2.75, 3.05) is 18.5 Å². The Morgan fingerprint density at radius 2 is 1.53 bits per heavy atom. The summed E-state index contributed by atoms with van der Waals surface area (Å²) in [6, 6.07) is 18.5. The fourth-order valence-electron chi connectivity index (χ4n) is 1.47. The van der Waals surface area contributed by atoms with Crippen molar-refractivity contribution >= 4 is 17.4 Å². The zero-order valence-electron chi connectivity index (χ0n) is 9.47. The minimum absolute atomic E-state index is 0.153. The maximum absolute atomic E-state index is 8.71. The summed E-state index contributed by atoms with van der Waals surface area (Å²) in [6.07, 6.45) is 0. The van der Waals surface area contributed by atoms with Gasteiger partial charge in [0.25, 0.3) is 0 Å². The van der Waals surface area contributed by atoms with E-state index in [4.69, 9.17) is 5.11 Å². The first kappa shape index (κ1) is 12.0. The standard InChI is InChI=1S/C14H15NOS/c16-11-10-15-12-6-8-14(9-7-12)17-13-4-2-1-3-5-13/h1-9,15-16H,10-11H2. The molecule has 0 atom stereocenters. The first-order chi connectivity index (χ1) is 8.38. The van der Waals surface area contributed by atoms with Gasteiger partial charge in [0.15, 0.2) is 0 Å². The van der Waals surface area contributed by atoms with Gasteiger partial charge in [0.2, 0.25) is 0 Å². The molecule has 0 heterocycles. The van der Waals surface area contributed by atoms with Gasteiger partial charge in [-0.1, -0.05) is 30.0 Å². The van der Waals surface area contributed by atoms with Crippen LogP contribution in [0, 0.1) is 0 Å². The van der Waals surface area contributed by atoms with Crippen LogP contribution in [0.1, 0.15) is 0 Å². The van der Waals surface area contributed by atoms with Gasteiger partial charge in [0.1, 0.15) is 0 Å². The van der Waals surface area contributed by atoms with Crippen LogP contribution >= 0.6 is 11.8 Å². The van der Waals surface area contributed by atoms with E-state index in [1.807, 2.05) is 30.3 Å². The third-order valence-electron chi connectivity index (χ3n) is 2.27. The van der Waals surface area contributed by atoms with Crippen molar-refractivity contribution in [1.29, 1.82) is 0 Å². The molecule has 2 aromatic carbocycles. The average molecular weight is 245 g/mol. The molecule has 0 aliphatic carbocycles. The van der Waals surface area contributed by atoms with Gasteiger partial charge in [-0.3, -0.25) is 0 Å². The largest absolute Gasteiger partial charge is 0.395 e. The molecule has 0 aromatic heterocycles. The fourth-order valence-corrected chi connectivity index (χ4v) is 2.30. The number of hydrogen-bond donors (Lipinski definition) is 2. The van der Waals surface area contributed by atoms with E-state index in [0.717, 1.165) is 5.69 Å². The van der Waals surface area contributed by atoms with Crippen LogP contribution in [0.15, 0.2) is 64.4 Å². The van der Waals surface area contributed by atoms with Gasteiger partial charge in [0, 0.05) is 22.0 Å². The smallest absolute Gasteiger partial charge is 0.0604 e. The molecule has 88 valence electrons. The lowest BCUT2D eigenvalue weighted by atomic mass is 10.3. The molecule has 3 heteroatoms. The molecule has 2 rings (SSSR count). The second-order valence-electron chi connectivity index (χ2n) is 3.59. The lowest BCUT2D eigenvalue weighted by Gasteiger charge is -2.05. The van der Waals surface area contributed by atoms with E-state index >= 15 is 0 Å². The highest BCUT2D eigenvalue weighted by Crippen LogP contribution is 2.27. The van der Waals surface area contributed by atoms with Crippen LogP contribution in [0.3, 0.4) is 0 Å². The summed E-state index contributed by atoms with van der Waals surface area (Å²) >= 11 is 1.74. The van der Waals surface area contributed by atoms with Gasteiger partial charge in [-0.15, -0.1) is 0 Å². The molecule has 0 amide bonds. The van der Waals surface area contributed by atoms with Crippen molar-refractivity contribution in [3.63, 3.8) is 0 Å². The Bertz CT molecular complexity index is 442. The second-order valence-corrected chi connectivity index (χ2v) is 4.74. The third kappa shape index (κ3) is 3.80. The Morgan fingerprint density at radius 3 is 2.18 bits per heavy atom. The number of benzene rings is 2. The van der Waals surface area contributed by atoms with Crippen LogP contribution in [0.25, 0.3) is 0 Å². The van der Waals surface area contributed by atoms with E-state index in [0.29, 0.717) is 6.54 Å². The normalized spacial score (nSPS) is 10.2. The molecule has 0 fully saturated rings. The Morgan fingerprint density at radius 1 is 0.882 bits per heavy atom. The van der Waals surface area contributed by atoms with E-state index in [2.05, 4.69) is 29.6 Å². The van der Waals surface area contributed by atoms with Crippen LogP contribution in [0.2, 0.25) is 0 Å². The van der Waals surface area contributed by atoms with Crippen molar-refractivity contribution < 1.29 is 5.11 Å². The highest BCUT2D eigenvalue weighted by molar-refractivity contribution is 7.99. The van der Waals surface area contributed by atoms with Crippen LogP contribution in [0.4, 0.5) is 5.69 Å². The number of hydrogen-bond acceptors (Lipinski definition) is 3. The summed E-state index contributed by atoms with van der Waals surface area (Å²) in [7, 11) is 0. The quantitative estimate of drug-likeness (QED) is 0.848. The number of nitrogens with one attached hydrogen (secondary N) is 1. The Kier molecular flexibility index (Phi) is 4.47. The lowest BCUT2D eigenvalue weighted by Crippen LogP contribution is -2.04. The van der Waals surface area contributed by atoms with Gasteiger partial charge < -0.3 is 10.4 Å². The van der Waals surface area contributed by atoms with Gasteiger partial charge in [-0.05, 0) is 36.4 Å². The minimum atomic E-state index is 0.153. The fraction of sp³-hybridized carbons (Fsp3) is 0.143. The van der Waals surface area contributed by atoms with Gasteiger partial charge >= 0.3 is 0 Å². The topological polar surface area (TPSA) is 32.3 Å². The first-order valence-electron chi connectivity index (χ1n) is 5.56. The van der Waals surface area contributed by atoms with Crippen molar-refractivity contribution in [3.8, 4) is 0 Å². The van der Waals surface area contributed by atoms with E-state index in [-0.39, 0.29) is 6.61 Å². The van der Waals surface area contributed by atoms with Crippen LogP contribution in [-0.2, 0) is 0 Å². The van der Waals surface area contributed by atoms with E-state index in [1.54, 1.807) is 11.8 Å². The van der Waals surface area contributed by atoms with Crippen molar-refractivity contribution in [2.45, 2.75) is 9.79 Å². The third-order valence-corrected chi connectivity index (χ3v) is 3.29. The maximum atomic E-state index is 8.71. The lowest BCUT2D eigenvalue weighted by molar-refractivity contribution is 0.311. The zero-order valence-corrected chi connectivity index (χ0v) is 10.3. The van der Waals surface area contributed by atoms with Crippen LogP contribution in [-0.4, -0.2) is 18.3 Å². The zero-order chi connectivity index (χ0) is 11.9. The van der Waals surface area contributed by atoms with Crippen LogP contribution in [0.5, 0.6) is 0 Å². The molecule has 0 unspecified atom stereocenters. The molecule has 0 saturated heterocycles. The average Bonchev–Trinajstić information content (AvgIpc) is 2.39. The summed E-state index contributed by atoms with van der Waals surface area (Å²) in [5, 5.41) is 11.8. The second kappa shape index (κ2) is 6.33. The summed E-state index contributed by atoms with van der Waals surface area (Å²) < 4.78 is 0. The molecule has 0 bridgehead atoms. The highest BCUT2D eigenvalue weighted by Gasteiger charge is 1.97.